The van der Waals surface area contributed by atoms with Crippen molar-refractivity contribution in [3.63, 3.8) is 0 Å². The van der Waals surface area contributed by atoms with Gasteiger partial charge in [0.15, 0.2) is 0 Å². The minimum atomic E-state index is 0.332. The van der Waals surface area contributed by atoms with Gasteiger partial charge in [-0.25, -0.2) is 0 Å². The predicted molar refractivity (Wildman–Crippen MR) is 55.7 cm³/mol. The smallest absolute Gasteiger partial charge is 0.0446 e. The number of piperidine rings is 1. The number of rotatable bonds is 3. The van der Waals surface area contributed by atoms with E-state index in [2.05, 4.69) is 25.7 Å². The minimum absolute atomic E-state index is 0.332. The number of likely N-dealkylation sites (tertiary alicyclic amines) is 1. The third-order valence-corrected chi connectivity index (χ3v) is 3.25. The molecule has 0 bridgehead atoms. The SMILES string of the molecule is CC1CCCN(C(C)C)C1CCO. The molecule has 0 aromatic rings. The number of aliphatic hydroxyl groups excluding tert-OH is 1. The van der Waals surface area contributed by atoms with Crippen LogP contribution in [0.3, 0.4) is 0 Å². The van der Waals surface area contributed by atoms with Gasteiger partial charge in [0, 0.05) is 18.7 Å². The van der Waals surface area contributed by atoms with E-state index in [-0.39, 0.29) is 0 Å². The molecule has 1 fully saturated rings. The molecule has 0 aromatic heterocycles. The van der Waals surface area contributed by atoms with Gasteiger partial charge in [-0.1, -0.05) is 6.92 Å². The number of nitrogens with zero attached hydrogens (tertiary/aromatic N) is 1. The molecule has 13 heavy (non-hydrogen) atoms. The molecule has 0 aromatic carbocycles. The average molecular weight is 185 g/mol. The van der Waals surface area contributed by atoms with Gasteiger partial charge in [-0.3, -0.25) is 4.90 Å². The first-order chi connectivity index (χ1) is 6.16. The maximum Gasteiger partial charge on any atom is 0.0446 e. The number of aliphatic hydroxyl groups is 1. The standard InChI is InChI=1S/C11H23NO/c1-9(2)12-7-4-5-10(3)11(12)6-8-13/h9-11,13H,4-8H2,1-3H3. The molecule has 1 N–H and O–H groups in total. The molecule has 1 saturated heterocycles. The van der Waals surface area contributed by atoms with Crippen LogP contribution in [-0.2, 0) is 0 Å². The Bertz CT molecular complexity index is 147. The van der Waals surface area contributed by atoms with Crippen LogP contribution in [0.15, 0.2) is 0 Å². The van der Waals surface area contributed by atoms with Crippen LogP contribution in [0.25, 0.3) is 0 Å². The third-order valence-electron chi connectivity index (χ3n) is 3.25. The zero-order valence-corrected chi connectivity index (χ0v) is 9.16. The lowest BCUT2D eigenvalue weighted by Crippen LogP contribution is -2.48. The molecule has 0 spiro atoms. The fourth-order valence-electron chi connectivity index (χ4n) is 2.50. The van der Waals surface area contributed by atoms with Gasteiger partial charge in [-0.15, -0.1) is 0 Å². The van der Waals surface area contributed by atoms with Crippen LogP contribution >= 0.6 is 0 Å². The summed E-state index contributed by atoms with van der Waals surface area (Å²) in [5, 5.41) is 9.01. The van der Waals surface area contributed by atoms with Gasteiger partial charge >= 0.3 is 0 Å². The fraction of sp³-hybridized carbons (Fsp3) is 1.00. The van der Waals surface area contributed by atoms with E-state index in [1.807, 2.05) is 0 Å². The molecule has 2 atom stereocenters. The Balaban J connectivity index is 2.56. The van der Waals surface area contributed by atoms with E-state index >= 15 is 0 Å². The zero-order valence-electron chi connectivity index (χ0n) is 9.16. The third kappa shape index (κ3) is 2.68. The summed E-state index contributed by atoms with van der Waals surface area (Å²) >= 11 is 0. The fourth-order valence-corrected chi connectivity index (χ4v) is 2.50. The van der Waals surface area contributed by atoms with E-state index in [1.165, 1.54) is 19.4 Å². The van der Waals surface area contributed by atoms with Crippen LogP contribution in [0, 0.1) is 5.92 Å². The van der Waals surface area contributed by atoms with Gasteiger partial charge in [-0.05, 0) is 45.6 Å². The van der Waals surface area contributed by atoms with Crippen LogP contribution in [0.4, 0.5) is 0 Å². The molecule has 2 nitrogen and oxygen atoms in total. The Morgan fingerprint density at radius 2 is 2.15 bits per heavy atom. The molecular weight excluding hydrogens is 162 g/mol. The molecule has 1 aliphatic heterocycles. The van der Waals surface area contributed by atoms with E-state index in [1.54, 1.807) is 0 Å². The Kier molecular flexibility index (Phi) is 4.20. The van der Waals surface area contributed by atoms with Gasteiger partial charge in [-0.2, -0.15) is 0 Å². The maximum absolute atomic E-state index is 9.01. The van der Waals surface area contributed by atoms with E-state index in [4.69, 9.17) is 5.11 Å². The summed E-state index contributed by atoms with van der Waals surface area (Å²) in [7, 11) is 0. The summed E-state index contributed by atoms with van der Waals surface area (Å²) in [4.78, 5) is 2.55. The Morgan fingerprint density at radius 3 is 2.69 bits per heavy atom. The van der Waals surface area contributed by atoms with Crippen molar-refractivity contribution in [2.45, 2.75) is 52.1 Å². The van der Waals surface area contributed by atoms with Gasteiger partial charge in [0.1, 0.15) is 0 Å². The van der Waals surface area contributed by atoms with Gasteiger partial charge < -0.3 is 5.11 Å². The van der Waals surface area contributed by atoms with Crippen LogP contribution in [-0.4, -0.2) is 35.2 Å². The van der Waals surface area contributed by atoms with Gasteiger partial charge in [0.25, 0.3) is 0 Å². The summed E-state index contributed by atoms with van der Waals surface area (Å²) in [5.41, 5.74) is 0. The van der Waals surface area contributed by atoms with Crippen molar-refractivity contribution in [2.24, 2.45) is 5.92 Å². The molecular formula is C11H23NO. The summed E-state index contributed by atoms with van der Waals surface area (Å²) in [5.74, 6) is 0.753. The van der Waals surface area contributed by atoms with Crippen molar-refractivity contribution in [1.82, 2.24) is 4.90 Å². The average Bonchev–Trinajstić information content (AvgIpc) is 2.08. The molecule has 2 unspecified atom stereocenters. The van der Waals surface area contributed by atoms with Crippen LogP contribution in [0.5, 0.6) is 0 Å². The van der Waals surface area contributed by atoms with E-state index in [9.17, 15) is 0 Å². The van der Waals surface area contributed by atoms with Crippen molar-refractivity contribution in [1.29, 1.82) is 0 Å². The lowest BCUT2D eigenvalue weighted by molar-refractivity contribution is 0.0533. The van der Waals surface area contributed by atoms with Gasteiger partial charge in [0.05, 0.1) is 0 Å². The van der Waals surface area contributed by atoms with Crippen molar-refractivity contribution < 1.29 is 5.11 Å². The first-order valence-electron chi connectivity index (χ1n) is 5.53. The van der Waals surface area contributed by atoms with E-state index < -0.39 is 0 Å². The highest BCUT2D eigenvalue weighted by atomic mass is 16.3. The van der Waals surface area contributed by atoms with Gasteiger partial charge in [0.2, 0.25) is 0 Å². The maximum atomic E-state index is 9.01. The zero-order chi connectivity index (χ0) is 9.84. The number of hydrogen-bond acceptors (Lipinski definition) is 2. The predicted octanol–water partition coefficient (Wildman–Crippen LogP) is 1.88. The van der Waals surface area contributed by atoms with E-state index in [0.717, 1.165) is 12.3 Å². The minimum Gasteiger partial charge on any atom is -0.396 e. The highest BCUT2D eigenvalue weighted by Crippen LogP contribution is 2.26. The van der Waals surface area contributed by atoms with Crippen LogP contribution in [0.1, 0.15) is 40.0 Å². The molecule has 78 valence electrons. The molecule has 0 aliphatic carbocycles. The second kappa shape index (κ2) is 4.97. The lowest BCUT2D eigenvalue weighted by atomic mass is 9.88. The normalized spacial score (nSPS) is 31.2. The first-order valence-corrected chi connectivity index (χ1v) is 5.53. The Morgan fingerprint density at radius 1 is 1.46 bits per heavy atom. The quantitative estimate of drug-likeness (QED) is 0.725. The largest absolute Gasteiger partial charge is 0.396 e. The highest BCUT2D eigenvalue weighted by molar-refractivity contribution is 4.83. The Hall–Kier alpha value is -0.0800. The summed E-state index contributed by atoms with van der Waals surface area (Å²) in [6.45, 7) is 8.37. The van der Waals surface area contributed by atoms with Crippen molar-refractivity contribution in [3.05, 3.63) is 0 Å². The van der Waals surface area contributed by atoms with Crippen LogP contribution < -0.4 is 0 Å². The number of hydrogen-bond donors (Lipinski definition) is 1. The summed E-state index contributed by atoms with van der Waals surface area (Å²) < 4.78 is 0. The topological polar surface area (TPSA) is 23.5 Å². The first kappa shape index (κ1) is 11.0. The molecule has 1 aliphatic rings. The summed E-state index contributed by atoms with van der Waals surface area (Å²) in [6.07, 6.45) is 3.59. The molecule has 0 saturated carbocycles. The molecule has 0 amide bonds. The second-order valence-corrected chi connectivity index (χ2v) is 4.53. The lowest BCUT2D eigenvalue weighted by Gasteiger charge is -2.42. The van der Waals surface area contributed by atoms with Crippen LogP contribution in [0.2, 0.25) is 0 Å². The molecule has 1 heterocycles. The molecule has 0 radical (unpaired) electrons. The Labute approximate surface area is 81.9 Å². The second-order valence-electron chi connectivity index (χ2n) is 4.53. The molecule has 2 heteroatoms. The van der Waals surface area contributed by atoms with Crippen molar-refractivity contribution in [3.8, 4) is 0 Å². The monoisotopic (exact) mass is 185 g/mol. The van der Waals surface area contributed by atoms with Crippen molar-refractivity contribution >= 4 is 0 Å². The van der Waals surface area contributed by atoms with Crippen molar-refractivity contribution in [2.75, 3.05) is 13.2 Å². The summed E-state index contributed by atoms with van der Waals surface area (Å²) in [6, 6.07) is 1.23. The molecule has 1 rings (SSSR count). The highest BCUT2D eigenvalue weighted by Gasteiger charge is 2.29. The van der Waals surface area contributed by atoms with E-state index in [0.29, 0.717) is 18.7 Å².